The molecule has 0 aliphatic carbocycles. The molecule has 8 heteroatoms. The van der Waals surface area contributed by atoms with Gasteiger partial charge in [-0.05, 0) is 26.7 Å². The van der Waals surface area contributed by atoms with Crippen LogP contribution >= 0.6 is 0 Å². The van der Waals surface area contributed by atoms with Crippen molar-refractivity contribution in [3.8, 4) is 0 Å². The highest BCUT2D eigenvalue weighted by molar-refractivity contribution is 5.67. The molecule has 0 aromatic heterocycles. The Kier molecular flexibility index (Phi) is 7.84. The van der Waals surface area contributed by atoms with Crippen LogP contribution in [-0.2, 0) is 38.0 Å². The summed E-state index contributed by atoms with van der Waals surface area (Å²) in [4.78, 5) is 22.1. The van der Waals surface area contributed by atoms with Crippen LogP contribution in [0, 0.1) is 10.8 Å². The Morgan fingerprint density at radius 1 is 0.774 bits per heavy atom. The zero-order chi connectivity index (χ0) is 23.8. The van der Waals surface area contributed by atoms with Crippen molar-refractivity contribution < 1.29 is 38.0 Å². The van der Waals surface area contributed by atoms with E-state index in [1.165, 1.54) is 13.8 Å². The highest BCUT2D eigenvalue weighted by Crippen LogP contribution is 2.48. The van der Waals surface area contributed by atoms with Crippen molar-refractivity contribution >= 4 is 11.9 Å². The Hall–Kier alpha value is -1.22. The Morgan fingerprint density at radius 3 is 1.74 bits per heavy atom. The fourth-order valence-corrected chi connectivity index (χ4v) is 4.68. The lowest BCUT2D eigenvalue weighted by Crippen LogP contribution is -2.40. The van der Waals surface area contributed by atoms with Gasteiger partial charge < -0.3 is 28.4 Å². The van der Waals surface area contributed by atoms with Crippen LogP contribution < -0.4 is 0 Å². The maximum absolute atomic E-state index is 11.1. The molecular weight excluding hydrogens is 404 g/mol. The van der Waals surface area contributed by atoms with Gasteiger partial charge in [0.15, 0.2) is 18.2 Å². The molecule has 0 bridgehead atoms. The summed E-state index contributed by atoms with van der Waals surface area (Å²) in [7, 11) is 0. The predicted molar refractivity (Wildman–Crippen MR) is 113 cm³/mol. The number of ether oxygens (including phenoxy) is 6. The van der Waals surface area contributed by atoms with E-state index in [2.05, 4.69) is 20.8 Å². The Labute approximate surface area is 186 Å². The molecule has 0 N–H and O–H groups in total. The predicted octanol–water partition coefficient (Wildman–Crippen LogP) is 3.94. The van der Waals surface area contributed by atoms with Crippen LogP contribution in [0.3, 0.4) is 0 Å². The minimum absolute atomic E-state index is 0.0488. The van der Waals surface area contributed by atoms with Gasteiger partial charge in [0.25, 0.3) is 0 Å². The SMILES string of the molecule is CC[C@H]1O[C@@H](OC(C)=O)[C@H](OC(C)=O)C1(C)C.CC[C@H]1O[C@@H]2OC(C)(C)O[C@@H]2C1(C)C. The van der Waals surface area contributed by atoms with Gasteiger partial charge >= 0.3 is 11.9 Å². The topological polar surface area (TPSA) is 89.5 Å². The van der Waals surface area contributed by atoms with Crippen molar-refractivity contribution in [2.24, 2.45) is 10.8 Å². The van der Waals surface area contributed by atoms with Crippen molar-refractivity contribution in [3.63, 3.8) is 0 Å². The van der Waals surface area contributed by atoms with Crippen molar-refractivity contribution in [1.29, 1.82) is 0 Å². The minimum Gasteiger partial charge on any atom is -0.455 e. The van der Waals surface area contributed by atoms with Gasteiger partial charge in [0.05, 0.1) is 12.2 Å². The maximum atomic E-state index is 11.1. The highest BCUT2D eigenvalue weighted by atomic mass is 16.8. The molecule has 180 valence electrons. The van der Waals surface area contributed by atoms with E-state index in [4.69, 9.17) is 28.4 Å². The molecule has 3 heterocycles. The first-order valence-corrected chi connectivity index (χ1v) is 11.2. The first-order chi connectivity index (χ1) is 14.2. The van der Waals surface area contributed by atoms with Gasteiger partial charge in [-0.1, -0.05) is 41.5 Å². The summed E-state index contributed by atoms with van der Waals surface area (Å²) < 4.78 is 33.3. The van der Waals surface area contributed by atoms with E-state index in [1.807, 2.05) is 34.6 Å². The molecule has 8 nitrogen and oxygen atoms in total. The van der Waals surface area contributed by atoms with Crippen molar-refractivity contribution in [3.05, 3.63) is 0 Å². The average molecular weight is 445 g/mol. The van der Waals surface area contributed by atoms with Crippen LogP contribution in [-0.4, -0.2) is 54.7 Å². The van der Waals surface area contributed by atoms with Gasteiger partial charge in [-0.15, -0.1) is 0 Å². The van der Waals surface area contributed by atoms with E-state index in [-0.39, 0.29) is 35.4 Å². The van der Waals surface area contributed by atoms with E-state index >= 15 is 0 Å². The number of esters is 2. The van der Waals surface area contributed by atoms with Crippen LogP contribution in [0.15, 0.2) is 0 Å². The third kappa shape index (κ3) is 5.59. The van der Waals surface area contributed by atoms with E-state index in [0.717, 1.165) is 12.8 Å². The van der Waals surface area contributed by atoms with Crippen molar-refractivity contribution in [1.82, 2.24) is 0 Å². The molecule has 3 aliphatic heterocycles. The van der Waals surface area contributed by atoms with Crippen LogP contribution in [0.5, 0.6) is 0 Å². The minimum atomic E-state index is -0.809. The maximum Gasteiger partial charge on any atom is 0.305 e. The molecule has 3 fully saturated rings. The molecule has 0 amide bonds. The molecule has 0 aromatic rings. The Bertz CT molecular complexity index is 656. The lowest BCUT2D eigenvalue weighted by molar-refractivity contribution is -0.216. The molecule has 31 heavy (non-hydrogen) atoms. The fraction of sp³-hybridized carbons (Fsp3) is 0.913. The normalized spacial score (nSPS) is 36.8. The fourth-order valence-electron chi connectivity index (χ4n) is 4.68. The average Bonchev–Trinajstić information content (AvgIpc) is 3.14. The molecule has 0 aromatic carbocycles. The molecule has 0 spiro atoms. The van der Waals surface area contributed by atoms with Gasteiger partial charge in [-0.2, -0.15) is 0 Å². The molecule has 6 atom stereocenters. The van der Waals surface area contributed by atoms with Gasteiger partial charge in [-0.3, -0.25) is 9.59 Å². The first-order valence-electron chi connectivity index (χ1n) is 11.2. The molecular formula is C23H40O8. The zero-order valence-electron chi connectivity index (χ0n) is 20.6. The third-order valence-corrected chi connectivity index (χ3v) is 6.34. The quantitative estimate of drug-likeness (QED) is 0.603. The second-order valence-corrected chi connectivity index (χ2v) is 10.1. The second-order valence-electron chi connectivity index (χ2n) is 10.1. The lowest BCUT2D eigenvalue weighted by atomic mass is 9.81. The molecule has 0 saturated carbocycles. The Morgan fingerprint density at radius 2 is 1.29 bits per heavy atom. The molecule has 0 radical (unpaired) electrons. The van der Waals surface area contributed by atoms with E-state index in [9.17, 15) is 9.59 Å². The number of rotatable bonds is 4. The smallest absolute Gasteiger partial charge is 0.305 e. The summed E-state index contributed by atoms with van der Waals surface area (Å²) in [6, 6.07) is 0. The van der Waals surface area contributed by atoms with Crippen LogP contribution in [0.4, 0.5) is 0 Å². The van der Waals surface area contributed by atoms with Crippen molar-refractivity contribution in [2.75, 3.05) is 0 Å². The van der Waals surface area contributed by atoms with Crippen LogP contribution in [0.25, 0.3) is 0 Å². The van der Waals surface area contributed by atoms with Gasteiger partial charge in [0, 0.05) is 24.7 Å². The number of carbonyl (C=O) groups is 2. The monoisotopic (exact) mass is 444 g/mol. The van der Waals surface area contributed by atoms with Gasteiger partial charge in [0.2, 0.25) is 6.29 Å². The van der Waals surface area contributed by atoms with E-state index in [0.29, 0.717) is 0 Å². The Balaban J connectivity index is 0.000000224. The molecule has 0 unspecified atom stereocenters. The van der Waals surface area contributed by atoms with Crippen LogP contribution in [0.1, 0.15) is 82.1 Å². The van der Waals surface area contributed by atoms with Crippen LogP contribution in [0.2, 0.25) is 0 Å². The lowest BCUT2D eigenvalue weighted by Gasteiger charge is -2.30. The molecule has 3 aliphatic rings. The number of carbonyl (C=O) groups excluding carboxylic acids is 2. The third-order valence-electron chi connectivity index (χ3n) is 6.34. The number of hydrogen-bond donors (Lipinski definition) is 0. The zero-order valence-corrected chi connectivity index (χ0v) is 20.6. The number of hydrogen-bond acceptors (Lipinski definition) is 8. The summed E-state index contributed by atoms with van der Waals surface area (Å²) in [6.07, 6.45) is 0.442. The summed E-state index contributed by atoms with van der Waals surface area (Å²) in [6.45, 7) is 18.9. The van der Waals surface area contributed by atoms with E-state index in [1.54, 1.807) is 0 Å². The van der Waals surface area contributed by atoms with Crippen molar-refractivity contribution in [2.45, 2.75) is 125 Å². The molecule has 3 rings (SSSR count). The first kappa shape index (κ1) is 26.0. The largest absolute Gasteiger partial charge is 0.455 e. The van der Waals surface area contributed by atoms with Gasteiger partial charge in [0.1, 0.15) is 6.10 Å². The summed E-state index contributed by atoms with van der Waals surface area (Å²) >= 11 is 0. The summed E-state index contributed by atoms with van der Waals surface area (Å²) in [5, 5.41) is 0. The highest BCUT2D eigenvalue weighted by Gasteiger charge is 2.58. The standard InChI is InChI=1S/C12H20O5.C11H20O3/c1-6-9-12(4,5)10(15-7(2)13)11(17-9)16-8(3)14;1-6-7-10(2,3)8-9(12-7)14-11(4,5)13-8/h9-11H,6H2,1-5H3;7-9H,6H2,1-5H3/t9-,10+,11-;7-,8+,9-/m11/s1. The number of fused-ring (bicyclic) bond motifs is 1. The summed E-state index contributed by atoms with van der Waals surface area (Å²) in [5.74, 6) is -1.34. The second kappa shape index (κ2) is 9.33. The van der Waals surface area contributed by atoms with E-state index < -0.39 is 30.1 Å². The van der Waals surface area contributed by atoms with Gasteiger partial charge in [-0.25, -0.2) is 0 Å². The molecule has 3 saturated heterocycles. The summed E-state index contributed by atoms with van der Waals surface area (Å²) in [5.41, 5.74) is -0.326.